The molecule has 2 N–H and O–H groups in total. The number of nitrogens with one attached hydrogen (secondary N) is 2. The summed E-state index contributed by atoms with van der Waals surface area (Å²) in [5.41, 5.74) is 3.81. The molecule has 3 rings (SSSR count). The standard InChI is InChI=1S/C23H29N3O2/c1-17-9-10-20(15-18(17)2)25-22(28)26-13-11-23(3,12-14-26)21(27)24-16-19-7-5-4-6-8-19/h4-10,15H,11-14,16H2,1-3H3,(H,24,27)(H,25,28). The van der Waals surface area contributed by atoms with Gasteiger partial charge >= 0.3 is 6.03 Å². The predicted octanol–water partition coefficient (Wildman–Crippen LogP) is 4.25. The van der Waals surface area contributed by atoms with Crippen molar-refractivity contribution in [2.24, 2.45) is 5.41 Å². The van der Waals surface area contributed by atoms with Gasteiger partial charge in [0.05, 0.1) is 0 Å². The van der Waals surface area contributed by atoms with Crippen LogP contribution >= 0.6 is 0 Å². The normalized spacial score (nSPS) is 15.8. The molecule has 0 radical (unpaired) electrons. The quantitative estimate of drug-likeness (QED) is 0.834. The lowest BCUT2D eigenvalue weighted by Gasteiger charge is -2.38. The Morgan fingerprint density at radius 1 is 1.00 bits per heavy atom. The molecule has 1 aliphatic heterocycles. The molecule has 5 heteroatoms. The molecule has 1 aliphatic rings. The third-order valence-corrected chi connectivity index (χ3v) is 5.76. The van der Waals surface area contributed by atoms with Gasteiger partial charge in [0.1, 0.15) is 0 Å². The number of aryl methyl sites for hydroxylation is 2. The van der Waals surface area contributed by atoms with Gasteiger partial charge in [-0.3, -0.25) is 4.79 Å². The van der Waals surface area contributed by atoms with Crippen LogP contribution in [-0.2, 0) is 11.3 Å². The minimum absolute atomic E-state index is 0.0607. The number of rotatable bonds is 4. The third kappa shape index (κ3) is 4.71. The van der Waals surface area contributed by atoms with Crippen LogP contribution in [0.3, 0.4) is 0 Å². The fourth-order valence-corrected chi connectivity index (χ4v) is 3.44. The van der Waals surface area contributed by atoms with Gasteiger partial charge in [0.25, 0.3) is 0 Å². The summed E-state index contributed by atoms with van der Waals surface area (Å²) in [6.45, 7) is 7.76. The van der Waals surface area contributed by atoms with Gasteiger partial charge in [-0.1, -0.05) is 43.3 Å². The van der Waals surface area contributed by atoms with Gasteiger partial charge in [-0.05, 0) is 55.5 Å². The molecule has 3 amide bonds. The van der Waals surface area contributed by atoms with Gasteiger partial charge < -0.3 is 15.5 Å². The van der Waals surface area contributed by atoms with E-state index in [1.807, 2.05) is 62.4 Å². The van der Waals surface area contributed by atoms with E-state index in [4.69, 9.17) is 0 Å². The average Bonchev–Trinajstić information content (AvgIpc) is 2.70. The van der Waals surface area contributed by atoms with Gasteiger partial charge in [-0.15, -0.1) is 0 Å². The number of hydrogen-bond acceptors (Lipinski definition) is 2. The summed E-state index contributed by atoms with van der Waals surface area (Å²) in [6, 6.07) is 15.7. The van der Waals surface area contributed by atoms with Crippen LogP contribution in [-0.4, -0.2) is 29.9 Å². The number of urea groups is 1. The van der Waals surface area contributed by atoms with Crippen molar-refractivity contribution in [3.8, 4) is 0 Å². The van der Waals surface area contributed by atoms with Crippen LogP contribution in [0.5, 0.6) is 0 Å². The van der Waals surface area contributed by atoms with Crippen molar-refractivity contribution in [3.63, 3.8) is 0 Å². The molecule has 0 aromatic heterocycles. The number of anilines is 1. The van der Waals surface area contributed by atoms with Crippen molar-refractivity contribution in [1.82, 2.24) is 10.2 Å². The molecule has 1 saturated heterocycles. The second-order valence-corrected chi connectivity index (χ2v) is 7.95. The Morgan fingerprint density at radius 2 is 1.68 bits per heavy atom. The number of benzene rings is 2. The van der Waals surface area contributed by atoms with Gasteiger partial charge in [-0.25, -0.2) is 4.79 Å². The van der Waals surface area contributed by atoms with Crippen LogP contribution in [0.4, 0.5) is 10.5 Å². The molecular formula is C23H29N3O2. The Kier molecular flexibility index (Phi) is 6.02. The first kappa shape index (κ1) is 19.9. The van der Waals surface area contributed by atoms with E-state index in [0.717, 1.165) is 16.8 Å². The second-order valence-electron chi connectivity index (χ2n) is 7.95. The second kappa shape index (κ2) is 8.46. The van der Waals surface area contributed by atoms with Gasteiger partial charge in [-0.2, -0.15) is 0 Å². The highest BCUT2D eigenvalue weighted by atomic mass is 16.2. The molecule has 0 saturated carbocycles. The lowest BCUT2D eigenvalue weighted by atomic mass is 9.79. The fourth-order valence-electron chi connectivity index (χ4n) is 3.44. The molecule has 1 heterocycles. The minimum atomic E-state index is -0.438. The summed E-state index contributed by atoms with van der Waals surface area (Å²) >= 11 is 0. The molecule has 2 aromatic carbocycles. The molecular weight excluding hydrogens is 350 g/mol. The molecule has 0 bridgehead atoms. The van der Waals surface area contributed by atoms with Crippen molar-refractivity contribution < 1.29 is 9.59 Å². The van der Waals surface area contributed by atoms with E-state index in [0.29, 0.717) is 32.5 Å². The number of hydrogen-bond donors (Lipinski definition) is 2. The van der Waals surface area contributed by atoms with Gasteiger partial charge in [0.15, 0.2) is 0 Å². The summed E-state index contributed by atoms with van der Waals surface area (Å²) in [7, 11) is 0. The van der Waals surface area contributed by atoms with E-state index < -0.39 is 5.41 Å². The number of carbonyl (C=O) groups excluding carboxylic acids is 2. The third-order valence-electron chi connectivity index (χ3n) is 5.76. The average molecular weight is 380 g/mol. The van der Waals surface area contributed by atoms with E-state index in [-0.39, 0.29) is 11.9 Å². The maximum atomic E-state index is 12.7. The number of amides is 3. The summed E-state index contributed by atoms with van der Waals surface area (Å²) in [5, 5.41) is 6.02. The largest absolute Gasteiger partial charge is 0.352 e. The van der Waals surface area contributed by atoms with E-state index in [1.54, 1.807) is 4.90 Å². The van der Waals surface area contributed by atoms with E-state index in [1.165, 1.54) is 5.56 Å². The first-order chi connectivity index (χ1) is 13.4. The van der Waals surface area contributed by atoms with Gasteiger partial charge in [0.2, 0.25) is 5.91 Å². The monoisotopic (exact) mass is 379 g/mol. The molecule has 1 fully saturated rings. The van der Waals surface area contributed by atoms with Crippen LogP contribution in [0.2, 0.25) is 0 Å². The highest BCUT2D eigenvalue weighted by Gasteiger charge is 2.37. The Hall–Kier alpha value is -2.82. The lowest BCUT2D eigenvalue weighted by Crippen LogP contribution is -2.49. The van der Waals surface area contributed by atoms with Crippen molar-refractivity contribution >= 4 is 17.6 Å². The molecule has 0 spiro atoms. The summed E-state index contributed by atoms with van der Waals surface area (Å²) in [4.78, 5) is 27.1. The highest BCUT2D eigenvalue weighted by Crippen LogP contribution is 2.31. The molecule has 5 nitrogen and oxygen atoms in total. The van der Waals surface area contributed by atoms with Crippen LogP contribution in [0.1, 0.15) is 36.5 Å². The van der Waals surface area contributed by atoms with Crippen LogP contribution < -0.4 is 10.6 Å². The molecule has 0 atom stereocenters. The number of nitrogens with zero attached hydrogens (tertiary/aromatic N) is 1. The number of carbonyl (C=O) groups is 2. The number of piperidine rings is 1. The first-order valence-corrected chi connectivity index (χ1v) is 9.83. The Bertz CT molecular complexity index is 840. The zero-order chi connectivity index (χ0) is 20.1. The summed E-state index contributed by atoms with van der Waals surface area (Å²) < 4.78 is 0. The maximum Gasteiger partial charge on any atom is 0.321 e. The number of likely N-dealkylation sites (tertiary alicyclic amines) is 1. The van der Waals surface area contributed by atoms with E-state index in [9.17, 15) is 9.59 Å². The van der Waals surface area contributed by atoms with Crippen molar-refractivity contribution in [2.75, 3.05) is 18.4 Å². The lowest BCUT2D eigenvalue weighted by molar-refractivity contribution is -0.132. The minimum Gasteiger partial charge on any atom is -0.352 e. The highest BCUT2D eigenvalue weighted by molar-refractivity contribution is 5.90. The first-order valence-electron chi connectivity index (χ1n) is 9.83. The van der Waals surface area contributed by atoms with Crippen LogP contribution in [0.25, 0.3) is 0 Å². The molecule has 0 unspecified atom stereocenters. The maximum absolute atomic E-state index is 12.7. The SMILES string of the molecule is Cc1ccc(NC(=O)N2CCC(C)(C(=O)NCc3ccccc3)CC2)cc1C. The summed E-state index contributed by atoms with van der Waals surface area (Å²) in [5.74, 6) is 0.0607. The topological polar surface area (TPSA) is 61.4 Å². The fraction of sp³-hybridized carbons (Fsp3) is 0.391. The summed E-state index contributed by atoms with van der Waals surface area (Å²) in [6.07, 6.45) is 1.32. The predicted molar refractivity (Wildman–Crippen MR) is 112 cm³/mol. The molecule has 0 aliphatic carbocycles. The van der Waals surface area contributed by atoms with Crippen LogP contribution in [0.15, 0.2) is 48.5 Å². The Labute approximate surface area is 167 Å². The zero-order valence-electron chi connectivity index (χ0n) is 16.9. The van der Waals surface area contributed by atoms with Crippen molar-refractivity contribution in [1.29, 1.82) is 0 Å². The zero-order valence-corrected chi connectivity index (χ0v) is 16.9. The molecule has 148 valence electrons. The smallest absolute Gasteiger partial charge is 0.321 e. The van der Waals surface area contributed by atoms with Gasteiger partial charge in [0, 0.05) is 30.7 Å². The van der Waals surface area contributed by atoms with E-state index >= 15 is 0 Å². The van der Waals surface area contributed by atoms with E-state index in [2.05, 4.69) is 17.6 Å². The molecule has 2 aromatic rings. The van der Waals surface area contributed by atoms with Crippen LogP contribution in [0, 0.1) is 19.3 Å². The molecule has 28 heavy (non-hydrogen) atoms. The van der Waals surface area contributed by atoms with Crippen molar-refractivity contribution in [3.05, 3.63) is 65.2 Å². The van der Waals surface area contributed by atoms with Crippen molar-refractivity contribution in [2.45, 2.75) is 40.2 Å². The Morgan fingerprint density at radius 3 is 2.32 bits per heavy atom. The Balaban J connectivity index is 1.51.